The Labute approximate surface area is 147 Å². The molecule has 0 saturated carbocycles. The summed E-state index contributed by atoms with van der Waals surface area (Å²) < 4.78 is 13.3. The van der Waals surface area contributed by atoms with Crippen LogP contribution in [0.3, 0.4) is 0 Å². The molecule has 2 atom stereocenters. The van der Waals surface area contributed by atoms with E-state index in [1.54, 1.807) is 24.5 Å². The van der Waals surface area contributed by atoms with Crippen LogP contribution in [0, 0.1) is 5.82 Å². The van der Waals surface area contributed by atoms with Gasteiger partial charge in [0.15, 0.2) is 0 Å². The van der Waals surface area contributed by atoms with E-state index >= 15 is 0 Å². The van der Waals surface area contributed by atoms with E-state index in [0.29, 0.717) is 18.9 Å². The van der Waals surface area contributed by atoms with Crippen LogP contribution < -0.4 is 10.2 Å². The summed E-state index contributed by atoms with van der Waals surface area (Å²) in [4.78, 5) is 23.0. The highest BCUT2D eigenvalue weighted by molar-refractivity contribution is 5.77. The van der Waals surface area contributed by atoms with Crippen molar-refractivity contribution in [2.24, 2.45) is 0 Å². The van der Waals surface area contributed by atoms with Crippen molar-refractivity contribution < 1.29 is 9.18 Å². The number of hydrogen-bond donors (Lipinski definition) is 1. The van der Waals surface area contributed by atoms with E-state index in [9.17, 15) is 9.18 Å². The zero-order chi connectivity index (χ0) is 17.6. The highest BCUT2D eigenvalue weighted by Gasteiger charge is 2.23. The quantitative estimate of drug-likeness (QED) is 0.908. The predicted molar refractivity (Wildman–Crippen MR) is 94.8 cm³/mol. The van der Waals surface area contributed by atoms with E-state index in [2.05, 4.69) is 20.2 Å². The number of anilines is 1. The average Bonchev–Trinajstić information content (AvgIpc) is 2.62. The second-order valence-corrected chi connectivity index (χ2v) is 6.56. The molecule has 2 heterocycles. The molecule has 0 radical (unpaired) electrons. The number of carbonyl (C=O) groups is 1. The number of amides is 1. The number of rotatable bonds is 5. The van der Waals surface area contributed by atoms with Crippen molar-refractivity contribution in [3.63, 3.8) is 0 Å². The van der Waals surface area contributed by atoms with E-state index in [1.165, 1.54) is 12.1 Å². The first-order chi connectivity index (χ1) is 12.1. The molecule has 1 saturated heterocycles. The molecule has 6 heteroatoms. The number of nitrogens with one attached hydrogen (secondary N) is 1. The summed E-state index contributed by atoms with van der Waals surface area (Å²) in [6.45, 7) is 3.56. The molecular formula is C19H23FN4O. The summed E-state index contributed by atoms with van der Waals surface area (Å²) >= 11 is 0. The van der Waals surface area contributed by atoms with Gasteiger partial charge in [0.25, 0.3) is 0 Å². The molecule has 25 heavy (non-hydrogen) atoms. The first-order valence-electron chi connectivity index (χ1n) is 8.68. The van der Waals surface area contributed by atoms with Gasteiger partial charge in [-0.1, -0.05) is 19.1 Å². The molecule has 2 aromatic rings. The Kier molecular flexibility index (Phi) is 5.58. The van der Waals surface area contributed by atoms with Crippen LogP contribution >= 0.6 is 0 Å². The van der Waals surface area contributed by atoms with Crippen molar-refractivity contribution in [2.75, 3.05) is 18.0 Å². The van der Waals surface area contributed by atoms with Crippen LogP contribution in [0.1, 0.15) is 37.7 Å². The third-order valence-electron chi connectivity index (χ3n) is 4.53. The van der Waals surface area contributed by atoms with Crippen molar-refractivity contribution in [1.29, 1.82) is 0 Å². The van der Waals surface area contributed by atoms with Crippen LogP contribution in [0.15, 0.2) is 42.7 Å². The van der Waals surface area contributed by atoms with Gasteiger partial charge < -0.3 is 10.2 Å². The van der Waals surface area contributed by atoms with E-state index in [4.69, 9.17) is 0 Å². The maximum Gasteiger partial charge on any atom is 0.225 e. The molecule has 132 valence electrons. The van der Waals surface area contributed by atoms with Gasteiger partial charge in [-0.2, -0.15) is 0 Å². The highest BCUT2D eigenvalue weighted by atomic mass is 19.1. The Morgan fingerprint density at radius 1 is 1.36 bits per heavy atom. The van der Waals surface area contributed by atoms with Gasteiger partial charge in [0, 0.05) is 37.9 Å². The third-order valence-corrected chi connectivity index (χ3v) is 4.53. The first-order valence-corrected chi connectivity index (χ1v) is 8.68. The van der Waals surface area contributed by atoms with Crippen LogP contribution in [0.2, 0.25) is 0 Å². The van der Waals surface area contributed by atoms with Gasteiger partial charge in [0.05, 0.1) is 0 Å². The summed E-state index contributed by atoms with van der Waals surface area (Å²) in [5.74, 6) is 0.413. The van der Waals surface area contributed by atoms with Gasteiger partial charge in [-0.05, 0) is 42.5 Å². The lowest BCUT2D eigenvalue weighted by Gasteiger charge is -2.33. The van der Waals surface area contributed by atoms with Crippen molar-refractivity contribution in [3.8, 4) is 0 Å². The molecule has 0 spiro atoms. The van der Waals surface area contributed by atoms with Crippen molar-refractivity contribution >= 4 is 11.9 Å². The third kappa shape index (κ3) is 4.75. The van der Waals surface area contributed by atoms with Gasteiger partial charge in [0.1, 0.15) is 5.82 Å². The minimum absolute atomic E-state index is 0.00223. The topological polar surface area (TPSA) is 58.1 Å². The Hall–Kier alpha value is -2.50. The van der Waals surface area contributed by atoms with E-state index in [0.717, 1.165) is 24.9 Å². The SMILES string of the molecule is C[C@H](CC(=O)N[C@H]1CCCN(c2ncccn2)C1)c1cccc(F)c1. The fourth-order valence-corrected chi connectivity index (χ4v) is 3.23. The molecule has 1 aliphatic heterocycles. The van der Waals surface area contributed by atoms with Gasteiger partial charge in [-0.3, -0.25) is 4.79 Å². The van der Waals surface area contributed by atoms with Gasteiger partial charge >= 0.3 is 0 Å². The molecule has 1 aliphatic rings. The fraction of sp³-hybridized carbons (Fsp3) is 0.421. The summed E-state index contributed by atoms with van der Waals surface area (Å²) in [6.07, 6.45) is 5.74. The molecule has 3 rings (SSSR count). The maximum absolute atomic E-state index is 13.3. The Balaban J connectivity index is 1.54. The van der Waals surface area contributed by atoms with E-state index in [1.807, 2.05) is 13.0 Å². The van der Waals surface area contributed by atoms with Gasteiger partial charge in [-0.15, -0.1) is 0 Å². The Bertz CT molecular complexity index is 710. The number of hydrogen-bond acceptors (Lipinski definition) is 4. The van der Waals surface area contributed by atoms with E-state index in [-0.39, 0.29) is 23.7 Å². The number of piperidine rings is 1. The standard InChI is InChI=1S/C19H23FN4O/c1-14(15-5-2-6-16(20)12-15)11-18(25)23-17-7-3-10-24(13-17)19-21-8-4-9-22-19/h2,4-6,8-9,12,14,17H,3,7,10-11,13H2,1H3,(H,23,25)/t14-,17+/m1/s1. The number of nitrogens with zero attached hydrogens (tertiary/aromatic N) is 3. The number of aromatic nitrogens is 2. The second kappa shape index (κ2) is 8.05. The van der Waals surface area contributed by atoms with Crippen LogP contribution in [-0.2, 0) is 4.79 Å². The molecule has 5 nitrogen and oxygen atoms in total. The van der Waals surface area contributed by atoms with Crippen molar-refractivity contribution in [1.82, 2.24) is 15.3 Å². The van der Waals surface area contributed by atoms with Crippen LogP contribution in [0.25, 0.3) is 0 Å². The van der Waals surface area contributed by atoms with Crippen LogP contribution in [-0.4, -0.2) is 35.0 Å². The number of carbonyl (C=O) groups excluding carboxylic acids is 1. The molecule has 1 N–H and O–H groups in total. The molecule has 0 aliphatic carbocycles. The maximum atomic E-state index is 13.3. The zero-order valence-corrected chi connectivity index (χ0v) is 14.4. The summed E-state index contributed by atoms with van der Waals surface area (Å²) in [5, 5.41) is 3.10. The molecule has 1 amide bonds. The Morgan fingerprint density at radius 3 is 2.92 bits per heavy atom. The molecular weight excluding hydrogens is 319 g/mol. The number of halogens is 1. The lowest BCUT2D eigenvalue weighted by Crippen LogP contribution is -2.48. The highest BCUT2D eigenvalue weighted by Crippen LogP contribution is 2.20. The monoisotopic (exact) mass is 342 g/mol. The van der Waals surface area contributed by atoms with Crippen LogP contribution in [0.5, 0.6) is 0 Å². The molecule has 0 unspecified atom stereocenters. The normalized spacial score (nSPS) is 18.6. The fourth-order valence-electron chi connectivity index (χ4n) is 3.23. The summed E-state index contributed by atoms with van der Waals surface area (Å²) in [7, 11) is 0. The smallest absolute Gasteiger partial charge is 0.225 e. The van der Waals surface area contributed by atoms with Crippen LogP contribution in [0.4, 0.5) is 10.3 Å². The lowest BCUT2D eigenvalue weighted by atomic mass is 9.97. The van der Waals surface area contributed by atoms with Gasteiger partial charge in [-0.25, -0.2) is 14.4 Å². The molecule has 1 fully saturated rings. The van der Waals surface area contributed by atoms with E-state index < -0.39 is 0 Å². The molecule has 1 aromatic carbocycles. The predicted octanol–water partition coefficient (Wildman–Crippen LogP) is 2.89. The minimum Gasteiger partial charge on any atom is -0.352 e. The average molecular weight is 342 g/mol. The number of benzene rings is 1. The largest absolute Gasteiger partial charge is 0.352 e. The molecule has 0 bridgehead atoms. The Morgan fingerprint density at radius 2 is 2.16 bits per heavy atom. The lowest BCUT2D eigenvalue weighted by molar-refractivity contribution is -0.122. The summed E-state index contributed by atoms with van der Waals surface area (Å²) in [5.41, 5.74) is 0.845. The van der Waals surface area contributed by atoms with Crippen molar-refractivity contribution in [3.05, 3.63) is 54.1 Å². The zero-order valence-electron chi connectivity index (χ0n) is 14.4. The van der Waals surface area contributed by atoms with Crippen molar-refractivity contribution in [2.45, 2.75) is 38.1 Å². The second-order valence-electron chi connectivity index (χ2n) is 6.56. The summed E-state index contributed by atoms with van der Waals surface area (Å²) in [6, 6.07) is 8.32. The first kappa shape index (κ1) is 17.3. The minimum atomic E-state index is -0.268. The molecule has 1 aromatic heterocycles. The van der Waals surface area contributed by atoms with Gasteiger partial charge in [0.2, 0.25) is 11.9 Å².